The Morgan fingerprint density at radius 2 is 1.89 bits per heavy atom. The smallest absolute Gasteiger partial charge is 0.127 e. The predicted octanol–water partition coefficient (Wildman–Crippen LogP) is 3.16. The van der Waals surface area contributed by atoms with E-state index in [9.17, 15) is 13.0 Å². The highest BCUT2D eigenvalue weighted by atomic mass is 32.2. The summed E-state index contributed by atoms with van der Waals surface area (Å²) in [5.74, 6) is -1.22. The first-order chi connectivity index (χ1) is 8.97. The van der Waals surface area contributed by atoms with Crippen LogP contribution in [0.3, 0.4) is 0 Å². The van der Waals surface area contributed by atoms with Crippen LogP contribution in [-0.2, 0) is 16.6 Å². The molecule has 0 aromatic heterocycles. The molecule has 0 amide bonds. The van der Waals surface area contributed by atoms with Crippen molar-refractivity contribution in [2.75, 3.05) is 5.73 Å². The van der Waals surface area contributed by atoms with E-state index in [4.69, 9.17) is 5.73 Å². The Hall–Kier alpha value is -1.75. The fourth-order valence-corrected chi connectivity index (χ4v) is 3.02. The van der Waals surface area contributed by atoms with E-state index in [-0.39, 0.29) is 11.3 Å². The molecule has 0 radical (unpaired) electrons. The van der Waals surface area contributed by atoms with Crippen LogP contribution in [0.4, 0.5) is 14.5 Å². The van der Waals surface area contributed by atoms with E-state index >= 15 is 0 Å². The number of benzene rings is 2. The molecule has 1 unspecified atom stereocenters. The Balaban J connectivity index is 2.30. The number of hydrogen-bond acceptors (Lipinski definition) is 2. The van der Waals surface area contributed by atoms with Crippen molar-refractivity contribution in [3.05, 3.63) is 59.2 Å². The zero-order chi connectivity index (χ0) is 14.0. The second-order valence-corrected chi connectivity index (χ2v) is 5.69. The van der Waals surface area contributed by atoms with Gasteiger partial charge in [0.05, 0.1) is 21.4 Å². The largest absolute Gasteiger partial charge is 0.398 e. The summed E-state index contributed by atoms with van der Waals surface area (Å²) in [6.07, 6.45) is 0. The van der Waals surface area contributed by atoms with Gasteiger partial charge in [-0.15, -0.1) is 0 Å². The van der Waals surface area contributed by atoms with Gasteiger partial charge in [0.1, 0.15) is 11.6 Å². The van der Waals surface area contributed by atoms with Crippen molar-refractivity contribution in [1.82, 2.24) is 0 Å². The first-order valence-electron chi connectivity index (χ1n) is 5.66. The monoisotopic (exact) mass is 281 g/mol. The Labute approximate surface area is 112 Å². The van der Waals surface area contributed by atoms with Gasteiger partial charge in [-0.3, -0.25) is 4.21 Å². The van der Waals surface area contributed by atoms with Crippen LogP contribution in [0.1, 0.15) is 11.1 Å². The zero-order valence-electron chi connectivity index (χ0n) is 10.3. The standard InChI is InChI=1S/C14H13F2NOS/c1-9-2-5-13(17)14(6-9)19(18)8-10-7-11(15)3-4-12(10)16/h2-7H,8,17H2,1H3. The quantitative estimate of drug-likeness (QED) is 0.878. The minimum atomic E-state index is -1.51. The van der Waals surface area contributed by atoms with Gasteiger partial charge in [0, 0.05) is 11.3 Å². The Bertz CT molecular complexity index is 643. The van der Waals surface area contributed by atoms with Gasteiger partial charge >= 0.3 is 0 Å². The van der Waals surface area contributed by atoms with E-state index < -0.39 is 22.4 Å². The molecule has 0 spiro atoms. The Kier molecular flexibility index (Phi) is 3.95. The molecular weight excluding hydrogens is 268 g/mol. The number of hydrogen-bond donors (Lipinski definition) is 1. The molecule has 100 valence electrons. The maximum atomic E-state index is 13.5. The van der Waals surface area contributed by atoms with Crippen molar-refractivity contribution in [3.63, 3.8) is 0 Å². The van der Waals surface area contributed by atoms with E-state index in [1.54, 1.807) is 18.2 Å². The van der Waals surface area contributed by atoms with E-state index in [1.165, 1.54) is 0 Å². The summed E-state index contributed by atoms with van der Waals surface area (Å²) in [5, 5.41) is 0. The minimum absolute atomic E-state index is 0.0826. The molecule has 19 heavy (non-hydrogen) atoms. The van der Waals surface area contributed by atoms with Gasteiger partial charge in [-0.25, -0.2) is 8.78 Å². The molecule has 2 nitrogen and oxygen atoms in total. The highest BCUT2D eigenvalue weighted by molar-refractivity contribution is 7.84. The van der Waals surface area contributed by atoms with Crippen LogP contribution in [0.5, 0.6) is 0 Å². The molecule has 0 aliphatic rings. The molecule has 2 aromatic carbocycles. The Morgan fingerprint density at radius 1 is 1.16 bits per heavy atom. The topological polar surface area (TPSA) is 43.1 Å². The Morgan fingerprint density at radius 3 is 2.63 bits per heavy atom. The predicted molar refractivity (Wildman–Crippen MR) is 72.1 cm³/mol. The summed E-state index contributed by atoms with van der Waals surface area (Å²) >= 11 is 0. The van der Waals surface area contributed by atoms with E-state index in [1.807, 2.05) is 6.92 Å². The molecule has 5 heteroatoms. The summed E-state index contributed by atoms with van der Waals surface area (Å²) in [7, 11) is -1.51. The maximum Gasteiger partial charge on any atom is 0.127 e. The third-order valence-electron chi connectivity index (χ3n) is 2.71. The number of halogens is 2. The van der Waals surface area contributed by atoms with Crippen molar-refractivity contribution in [1.29, 1.82) is 0 Å². The van der Waals surface area contributed by atoms with Gasteiger partial charge in [0.2, 0.25) is 0 Å². The van der Waals surface area contributed by atoms with Gasteiger partial charge in [-0.2, -0.15) is 0 Å². The second kappa shape index (κ2) is 5.48. The first kappa shape index (κ1) is 13.7. The zero-order valence-corrected chi connectivity index (χ0v) is 11.1. The van der Waals surface area contributed by atoms with Crippen LogP contribution in [0.2, 0.25) is 0 Å². The van der Waals surface area contributed by atoms with Crippen LogP contribution in [0.15, 0.2) is 41.3 Å². The summed E-state index contributed by atoms with van der Waals surface area (Å²) in [6.45, 7) is 1.85. The highest BCUT2D eigenvalue weighted by Crippen LogP contribution is 2.22. The summed E-state index contributed by atoms with van der Waals surface area (Å²) < 4.78 is 38.7. The summed E-state index contributed by atoms with van der Waals surface area (Å²) in [6, 6.07) is 8.27. The number of rotatable bonds is 3. The lowest BCUT2D eigenvalue weighted by Crippen LogP contribution is -2.03. The number of nitrogen functional groups attached to an aromatic ring is 1. The normalized spacial score (nSPS) is 12.4. The molecule has 2 aromatic rings. The van der Waals surface area contributed by atoms with Crippen LogP contribution in [0, 0.1) is 18.6 Å². The van der Waals surface area contributed by atoms with Crippen LogP contribution in [0.25, 0.3) is 0 Å². The molecule has 0 saturated carbocycles. The maximum absolute atomic E-state index is 13.5. The molecular formula is C14H13F2NOS. The first-order valence-corrected chi connectivity index (χ1v) is 6.97. The SMILES string of the molecule is Cc1ccc(N)c(S(=O)Cc2cc(F)ccc2F)c1. The third-order valence-corrected chi connectivity index (χ3v) is 4.13. The van der Waals surface area contributed by atoms with E-state index in [0.29, 0.717) is 10.6 Å². The molecule has 0 aliphatic carbocycles. The van der Waals surface area contributed by atoms with Crippen molar-refractivity contribution in [2.45, 2.75) is 17.6 Å². The van der Waals surface area contributed by atoms with Crippen LogP contribution < -0.4 is 5.73 Å². The molecule has 2 rings (SSSR count). The van der Waals surface area contributed by atoms with Crippen molar-refractivity contribution in [3.8, 4) is 0 Å². The minimum Gasteiger partial charge on any atom is -0.398 e. The number of nitrogens with two attached hydrogens (primary N) is 1. The average Bonchev–Trinajstić information content (AvgIpc) is 2.36. The molecule has 2 N–H and O–H groups in total. The summed E-state index contributed by atoms with van der Waals surface area (Å²) in [5.41, 5.74) is 7.14. The van der Waals surface area contributed by atoms with Gasteiger partial charge in [-0.1, -0.05) is 6.07 Å². The van der Waals surface area contributed by atoms with Crippen LogP contribution >= 0.6 is 0 Å². The van der Waals surface area contributed by atoms with Crippen molar-refractivity contribution < 1.29 is 13.0 Å². The lowest BCUT2D eigenvalue weighted by Gasteiger charge is -2.08. The fraction of sp³-hybridized carbons (Fsp3) is 0.143. The molecule has 0 saturated heterocycles. The van der Waals surface area contributed by atoms with Crippen LogP contribution in [-0.4, -0.2) is 4.21 Å². The van der Waals surface area contributed by atoms with Crippen molar-refractivity contribution >= 4 is 16.5 Å². The van der Waals surface area contributed by atoms with E-state index in [2.05, 4.69) is 0 Å². The molecule has 0 heterocycles. The molecule has 0 aliphatic heterocycles. The molecule has 1 atom stereocenters. The second-order valence-electron chi connectivity index (χ2n) is 4.27. The fourth-order valence-electron chi connectivity index (χ4n) is 1.71. The summed E-state index contributed by atoms with van der Waals surface area (Å²) in [4.78, 5) is 0.448. The lowest BCUT2D eigenvalue weighted by atomic mass is 10.2. The molecule has 0 fully saturated rings. The number of aryl methyl sites for hydroxylation is 1. The van der Waals surface area contributed by atoms with Gasteiger partial charge < -0.3 is 5.73 Å². The van der Waals surface area contributed by atoms with Crippen molar-refractivity contribution in [2.24, 2.45) is 0 Å². The van der Waals surface area contributed by atoms with E-state index in [0.717, 1.165) is 23.8 Å². The molecule has 0 bridgehead atoms. The third kappa shape index (κ3) is 3.17. The number of anilines is 1. The van der Waals surface area contributed by atoms with Gasteiger partial charge in [0.15, 0.2) is 0 Å². The van der Waals surface area contributed by atoms with Gasteiger partial charge in [-0.05, 0) is 42.8 Å². The van der Waals surface area contributed by atoms with Gasteiger partial charge in [0.25, 0.3) is 0 Å². The average molecular weight is 281 g/mol. The lowest BCUT2D eigenvalue weighted by molar-refractivity contribution is 0.590. The highest BCUT2D eigenvalue weighted by Gasteiger charge is 2.12.